The maximum Gasteiger partial charge on any atom is 0.269 e. The first-order valence-electron chi connectivity index (χ1n) is 6.89. The van der Waals surface area contributed by atoms with E-state index in [4.69, 9.17) is 4.52 Å². The van der Waals surface area contributed by atoms with Crippen molar-refractivity contribution < 1.29 is 14.6 Å². The van der Waals surface area contributed by atoms with Crippen molar-refractivity contribution in [3.05, 3.63) is 40.3 Å². The molecule has 1 atom stereocenters. The van der Waals surface area contributed by atoms with Crippen molar-refractivity contribution in [1.29, 1.82) is 0 Å². The van der Waals surface area contributed by atoms with E-state index in [1.165, 1.54) is 12.1 Å². The summed E-state index contributed by atoms with van der Waals surface area (Å²) < 4.78 is 5.18. The van der Waals surface area contributed by atoms with Crippen LogP contribution in [-0.2, 0) is 6.54 Å². The number of non-ortho nitro benzene ring substituents is 1. The molecule has 1 heterocycles. The molecule has 0 saturated carbocycles. The van der Waals surface area contributed by atoms with Gasteiger partial charge >= 0.3 is 0 Å². The lowest BCUT2D eigenvalue weighted by Crippen LogP contribution is -2.22. The van der Waals surface area contributed by atoms with Crippen molar-refractivity contribution in [2.24, 2.45) is 0 Å². The van der Waals surface area contributed by atoms with Crippen molar-refractivity contribution in [3.8, 4) is 11.4 Å². The maximum absolute atomic E-state index is 10.6. The smallest absolute Gasteiger partial charge is 0.269 e. The Hall–Kier alpha value is -2.32. The van der Waals surface area contributed by atoms with Crippen LogP contribution in [0.4, 0.5) is 5.69 Å². The van der Waals surface area contributed by atoms with Gasteiger partial charge in [0.25, 0.3) is 5.69 Å². The number of nitro benzene ring substituents is 1. The van der Waals surface area contributed by atoms with Gasteiger partial charge in [-0.05, 0) is 32.5 Å². The topological polar surface area (TPSA) is 106 Å². The monoisotopic (exact) mass is 306 g/mol. The number of benzene rings is 1. The first-order chi connectivity index (χ1) is 10.5. The highest BCUT2D eigenvalue weighted by molar-refractivity contribution is 5.56. The third-order valence-electron chi connectivity index (χ3n) is 3.14. The highest BCUT2D eigenvalue weighted by atomic mass is 16.6. The zero-order chi connectivity index (χ0) is 16.1. The van der Waals surface area contributed by atoms with Crippen molar-refractivity contribution >= 4 is 5.69 Å². The van der Waals surface area contributed by atoms with Crippen LogP contribution in [-0.4, -0.2) is 44.8 Å². The molecule has 118 valence electrons. The molecule has 1 aromatic heterocycles. The Morgan fingerprint density at radius 1 is 1.41 bits per heavy atom. The third-order valence-corrected chi connectivity index (χ3v) is 3.14. The number of hydrogen-bond donors (Lipinski definition) is 1. The minimum absolute atomic E-state index is 0.0188. The lowest BCUT2D eigenvalue weighted by molar-refractivity contribution is -0.384. The molecule has 1 unspecified atom stereocenters. The van der Waals surface area contributed by atoms with E-state index in [1.807, 2.05) is 11.9 Å². The molecule has 0 spiro atoms. The van der Waals surface area contributed by atoms with Gasteiger partial charge in [0.2, 0.25) is 11.7 Å². The van der Waals surface area contributed by atoms with Gasteiger partial charge in [-0.2, -0.15) is 4.98 Å². The van der Waals surface area contributed by atoms with Gasteiger partial charge in [-0.1, -0.05) is 5.16 Å². The predicted octanol–water partition coefficient (Wildman–Crippen LogP) is 1.85. The summed E-state index contributed by atoms with van der Waals surface area (Å²) in [6.45, 7) is 2.94. The van der Waals surface area contributed by atoms with Crippen LogP contribution in [0.1, 0.15) is 19.2 Å². The van der Waals surface area contributed by atoms with Crippen LogP contribution < -0.4 is 0 Å². The van der Waals surface area contributed by atoms with Gasteiger partial charge in [0.1, 0.15) is 0 Å². The summed E-state index contributed by atoms with van der Waals surface area (Å²) in [5.41, 5.74) is 0.678. The fourth-order valence-corrected chi connectivity index (χ4v) is 1.89. The van der Waals surface area contributed by atoms with E-state index >= 15 is 0 Å². The molecule has 0 fully saturated rings. The second-order valence-corrected chi connectivity index (χ2v) is 5.19. The van der Waals surface area contributed by atoms with Gasteiger partial charge in [-0.25, -0.2) is 0 Å². The van der Waals surface area contributed by atoms with E-state index in [2.05, 4.69) is 10.1 Å². The van der Waals surface area contributed by atoms with E-state index in [1.54, 1.807) is 19.1 Å². The van der Waals surface area contributed by atoms with Crippen LogP contribution in [0.5, 0.6) is 0 Å². The molecule has 0 aliphatic rings. The molecule has 8 nitrogen and oxygen atoms in total. The molecular formula is C14H18N4O4. The zero-order valence-corrected chi connectivity index (χ0v) is 12.5. The minimum atomic E-state index is -0.456. The Morgan fingerprint density at radius 3 is 2.68 bits per heavy atom. The molecule has 8 heteroatoms. The third kappa shape index (κ3) is 4.34. The second kappa shape index (κ2) is 7.10. The Kier molecular flexibility index (Phi) is 5.18. The van der Waals surface area contributed by atoms with Gasteiger partial charge in [-0.3, -0.25) is 15.0 Å². The molecule has 0 saturated heterocycles. The van der Waals surface area contributed by atoms with Crippen molar-refractivity contribution in [2.75, 3.05) is 13.6 Å². The fourth-order valence-electron chi connectivity index (χ4n) is 1.89. The summed E-state index contributed by atoms with van der Waals surface area (Å²) in [5.74, 6) is 0.857. The number of aliphatic hydroxyl groups is 1. The number of rotatable bonds is 7. The van der Waals surface area contributed by atoms with Crippen LogP contribution in [0.2, 0.25) is 0 Å². The summed E-state index contributed by atoms with van der Waals surface area (Å²) in [4.78, 5) is 16.4. The van der Waals surface area contributed by atoms with Crippen LogP contribution in [0, 0.1) is 10.1 Å². The Labute approximate surface area is 127 Å². The van der Waals surface area contributed by atoms with Gasteiger partial charge < -0.3 is 9.63 Å². The van der Waals surface area contributed by atoms with Gasteiger partial charge in [-0.15, -0.1) is 0 Å². The van der Waals surface area contributed by atoms with Crippen LogP contribution in [0.25, 0.3) is 11.4 Å². The highest BCUT2D eigenvalue weighted by Crippen LogP contribution is 2.20. The average Bonchev–Trinajstić information content (AvgIpc) is 2.93. The molecular weight excluding hydrogens is 288 g/mol. The molecule has 0 aliphatic heterocycles. The zero-order valence-electron chi connectivity index (χ0n) is 12.5. The molecule has 1 aromatic carbocycles. The number of nitrogens with zero attached hydrogens (tertiary/aromatic N) is 4. The predicted molar refractivity (Wildman–Crippen MR) is 79.0 cm³/mol. The first-order valence-corrected chi connectivity index (χ1v) is 6.89. The normalized spacial score (nSPS) is 12.5. The summed E-state index contributed by atoms with van der Waals surface area (Å²) in [6, 6.07) is 5.98. The number of aromatic nitrogens is 2. The Morgan fingerprint density at radius 2 is 2.09 bits per heavy atom. The largest absolute Gasteiger partial charge is 0.393 e. The minimum Gasteiger partial charge on any atom is -0.393 e. The lowest BCUT2D eigenvalue weighted by Gasteiger charge is -2.14. The molecule has 2 aromatic rings. The molecule has 0 bridgehead atoms. The molecule has 0 radical (unpaired) electrons. The van der Waals surface area contributed by atoms with Crippen LogP contribution >= 0.6 is 0 Å². The molecule has 0 aliphatic carbocycles. The number of hydrogen-bond acceptors (Lipinski definition) is 7. The molecule has 22 heavy (non-hydrogen) atoms. The first kappa shape index (κ1) is 16.1. The number of aliphatic hydroxyl groups excluding tert-OH is 1. The van der Waals surface area contributed by atoms with Crippen molar-refractivity contribution in [2.45, 2.75) is 26.0 Å². The number of nitro groups is 1. The van der Waals surface area contributed by atoms with Crippen LogP contribution in [0.15, 0.2) is 28.8 Å². The molecule has 2 rings (SSSR count). The fraction of sp³-hybridized carbons (Fsp3) is 0.429. The van der Waals surface area contributed by atoms with Gasteiger partial charge in [0, 0.05) is 24.2 Å². The lowest BCUT2D eigenvalue weighted by atomic mass is 10.2. The SMILES string of the molecule is CC(O)CCN(C)Cc1nc(-c2ccc([N+](=O)[O-])cc2)no1. The van der Waals surface area contributed by atoms with E-state index < -0.39 is 4.92 Å². The van der Waals surface area contributed by atoms with E-state index in [0.29, 0.717) is 36.8 Å². The quantitative estimate of drug-likeness (QED) is 0.614. The second-order valence-electron chi connectivity index (χ2n) is 5.19. The van der Waals surface area contributed by atoms with E-state index in [9.17, 15) is 15.2 Å². The van der Waals surface area contributed by atoms with Crippen molar-refractivity contribution in [1.82, 2.24) is 15.0 Å². The van der Waals surface area contributed by atoms with Crippen LogP contribution in [0.3, 0.4) is 0 Å². The Balaban J connectivity index is 2.00. The van der Waals surface area contributed by atoms with Gasteiger partial charge in [0.15, 0.2) is 0 Å². The summed E-state index contributed by atoms with van der Waals surface area (Å²) >= 11 is 0. The van der Waals surface area contributed by atoms with E-state index in [0.717, 1.165) is 0 Å². The van der Waals surface area contributed by atoms with Crippen molar-refractivity contribution in [3.63, 3.8) is 0 Å². The summed E-state index contributed by atoms with van der Waals surface area (Å²) in [7, 11) is 1.90. The summed E-state index contributed by atoms with van der Waals surface area (Å²) in [6.07, 6.45) is 0.320. The molecule has 1 N–H and O–H groups in total. The average molecular weight is 306 g/mol. The maximum atomic E-state index is 10.6. The molecule has 0 amide bonds. The van der Waals surface area contributed by atoms with Gasteiger partial charge in [0.05, 0.1) is 17.6 Å². The highest BCUT2D eigenvalue weighted by Gasteiger charge is 2.12. The standard InChI is InChI=1S/C14H18N4O4/c1-10(19)7-8-17(2)9-13-15-14(16-22-13)11-3-5-12(6-4-11)18(20)21/h3-6,10,19H,7-9H2,1-2H3. The van der Waals surface area contributed by atoms with E-state index in [-0.39, 0.29) is 11.8 Å². The summed E-state index contributed by atoms with van der Waals surface area (Å²) in [5, 5.41) is 23.7. The Bertz CT molecular complexity index is 624.